The number of thioether (sulfide) groups is 1. The van der Waals surface area contributed by atoms with Crippen LogP contribution in [0.3, 0.4) is 0 Å². The maximum absolute atomic E-state index is 12.3. The Morgan fingerprint density at radius 2 is 1.54 bits per heavy atom. The van der Waals surface area contributed by atoms with Crippen LogP contribution in [0.4, 0.5) is 5.69 Å². The van der Waals surface area contributed by atoms with Crippen LogP contribution < -0.4 is 10.1 Å². The number of halogens is 1. The minimum atomic E-state index is -0.0684. The Morgan fingerprint density at radius 3 is 2.31 bits per heavy atom. The summed E-state index contributed by atoms with van der Waals surface area (Å²) >= 11 is 7.72. The molecule has 1 amide bonds. The van der Waals surface area contributed by atoms with E-state index >= 15 is 0 Å². The van der Waals surface area contributed by atoms with Gasteiger partial charge in [0, 0.05) is 5.75 Å². The first kappa shape index (κ1) is 18.4. The number of carbonyl (C=O) groups is 1. The number of hydrogen-bond acceptors (Lipinski definition) is 3. The van der Waals surface area contributed by atoms with Gasteiger partial charge in [-0.1, -0.05) is 66.2 Å². The van der Waals surface area contributed by atoms with Crippen LogP contribution in [0, 0.1) is 0 Å². The smallest absolute Gasteiger partial charge is 0.234 e. The van der Waals surface area contributed by atoms with Gasteiger partial charge in [0.25, 0.3) is 0 Å². The Hall–Kier alpha value is -2.43. The molecule has 3 nitrogen and oxygen atoms in total. The van der Waals surface area contributed by atoms with Crippen LogP contribution in [0.25, 0.3) is 0 Å². The third kappa shape index (κ3) is 5.28. The van der Waals surface area contributed by atoms with Crippen molar-refractivity contribution in [3.05, 3.63) is 89.4 Å². The molecule has 26 heavy (non-hydrogen) atoms. The summed E-state index contributed by atoms with van der Waals surface area (Å²) in [5, 5.41) is 3.43. The molecule has 0 fully saturated rings. The summed E-state index contributed by atoms with van der Waals surface area (Å²) < 4.78 is 5.86. The molecule has 0 aliphatic rings. The predicted molar refractivity (Wildman–Crippen MR) is 109 cm³/mol. The minimum absolute atomic E-state index is 0.0684. The van der Waals surface area contributed by atoms with Gasteiger partial charge in [-0.3, -0.25) is 4.79 Å². The quantitative estimate of drug-likeness (QED) is 0.543. The summed E-state index contributed by atoms with van der Waals surface area (Å²) in [5.74, 6) is 2.21. The second kappa shape index (κ2) is 9.32. The SMILES string of the molecule is O=C(CSCc1ccccc1)Nc1ccccc1Oc1ccccc1Cl. The lowest BCUT2D eigenvalue weighted by atomic mass is 10.2. The molecule has 3 aromatic carbocycles. The zero-order valence-electron chi connectivity index (χ0n) is 14.0. The van der Waals surface area contributed by atoms with Gasteiger partial charge in [0.2, 0.25) is 5.91 Å². The lowest BCUT2D eigenvalue weighted by Gasteiger charge is -2.13. The zero-order valence-corrected chi connectivity index (χ0v) is 15.6. The molecule has 0 radical (unpaired) electrons. The van der Waals surface area contributed by atoms with Gasteiger partial charge in [0.1, 0.15) is 5.75 Å². The lowest BCUT2D eigenvalue weighted by Crippen LogP contribution is -2.14. The fourth-order valence-corrected chi connectivity index (χ4v) is 3.29. The van der Waals surface area contributed by atoms with Crippen molar-refractivity contribution in [3.8, 4) is 11.5 Å². The Kier molecular flexibility index (Phi) is 6.58. The molecule has 1 N–H and O–H groups in total. The molecule has 0 aliphatic heterocycles. The highest BCUT2D eigenvalue weighted by Crippen LogP contribution is 2.33. The predicted octanol–water partition coefficient (Wildman–Crippen LogP) is 6.00. The number of anilines is 1. The van der Waals surface area contributed by atoms with Gasteiger partial charge in [-0.05, 0) is 29.8 Å². The molecule has 132 valence electrons. The number of ether oxygens (including phenoxy) is 1. The second-order valence-corrected chi connectivity index (χ2v) is 6.95. The first-order valence-corrected chi connectivity index (χ1v) is 9.68. The molecule has 0 bridgehead atoms. The van der Waals surface area contributed by atoms with Crippen molar-refractivity contribution in [1.29, 1.82) is 0 Å². The summed E-state index contributed by atoms with van der Waals surface area (Å²) in [4.78, 5) is 12.3. The van der Waals surface area contributed by atoms with Crippen LogP contribution >= 0.6 is 23.4 Å². The topological polar surface area (TPSA) is 38.3 Å². The molecule has 3 aromatic rings. The van der Waals surface area contributed by atoms with Crippen molar-refractivity contribution >= 4 is 35.0 Å². The van der Waals surface area contributed by atoms with Gasteiger partial charge in [-0.15, -0.1) is 11.8 Å². The number of hydrogen-bond donors (Lipinski definition) is 1. The number of para-hydroxylation sites is 3. The van der Waals surface area contributed by atoms with E-state index in [0.717, 1.165) is 5.75 Å². The molecule has 0 atom stereocenters. The van der Waals surface area contributed by atoms with Crippen molar-refractivity contribution in [2.24, 2.45) is 0 Å². The fourth-order valence-electron chi connectivity index (χ4n) is 2.33. The Balaban J connectivity index is 1.59. The van der Waals surface area contributed by atoms with E-state index in [-0.39, 0.29) is 5.91 Å². The average Bonchev–Trinajstić information content (AvgIpc) is 2.66. The van der Waals surface area contributed by atoms with Crippen molar-refractivity contribution in [2.75, 3.05) is 11.1 Å². The van der Waals surface area contributed by atoms with Crippen LogP contribution in [0.1, 0.15) is 5.56 Å². The molecule has 0 aromatic heterocycles. The maximum Gasteiger partial charge on any atom is 0.234 e. The first-order valence-electron chi connectivity index (χ1n) is 8.15. The standard InChI is InChI=1S/C21H18ClNO2S/c22-17-10-4-6-12-19(17)25-20-13-7-5-11-18(20)23-21(24)15-26-14-16-8-2-1-3-9-16/h1-13H,14-15H2,(H,23,24). The molecule has 0 aliphatic carbocycles. The summed E-state index contributed by atoms with van der Waals surface area (Å²) in [6.45, 7) is 0. The van der Waals surface area contributed by atoms with Crippen molar-refractivity contribution < 1.29 is 9.53 Å². The largest absolute Gasteiger partial charge is 0.454 e. The molecule has 0 heterocycles. The number of carbonyl (C=O) groups excluding carboxylic acids is 1. The third-order valence-electron chi connectivity index (χ3n) is 3.56. The third-order valence-corrected chi connectivity index (χ3v) is 4.88. The van der Waals surface area contributed by atoms with Crippen LogP contribution in [-0.4, -0.2) is 11.7 Å². The molecule has 3 rings (SSSR count). The van der Waals surface area contributed by atoms with E-state index in [2.05, 4.69) is 17.4 Å². The number of amides is 1. The molecular formula is C21H18ClNO2S. The van der Waals surface area contributed by atoms with Gasteiger partial charge < -0.3 is 10.1 Å². The average molecular weight is 384 g/mol. The van der Waals surface area contributed by atoms with Crippen LogP contribution in [0.15, 0.2) is 78.9 Å². The molecule has 0 spiro atoms. The van der Waals surface area contributed by atoms with E-state index in [1.165, 1.54) is 5.56 Å². The molecule has 5 heteroatoms. The molecule has 0 saturated carbocycles. The zero-order chi connectivity index (χ0) is 18.2. The Bertz CT molecular complexity index is 871. The van der Waals surface area contributed by atoms with Crippen LogP contribution in [0.2, 0.25) is 5.02 Å². The fraction of sp³-hybridized carbons (Fsp3) is 0.0952. The number of nitrogens with one attached hydrogen (secondary N) is 1. The van der Waals surface area contributed by atoms with Crippen LogP contribution in [-0.2, 0) is 10.5 Å². The van der Waals surface area contributed by atoms with Crippen molar-refractivity contribution in [1.82, 2.24) is 0 Å². The summed E-state index contributed by atoms with van der Waals surface area (Å²) in [6.07, 6.45) is 0. The van der Waals surface area contributed by atoms with Gasteiger partial charge in [0.05, 0.1) is 16.5 Å². The highest BCUT2D eigenvalue weighted by molar-refractivity contribution is 7.99. The highest BCUT2D eigenvalue weighted by Gasteiger charge is 2.10. The first-order chi connectivity index (χ1) is 12.7. The van der Waals surface area contributed by atoms with Gasteiger partial charge in [0.15, 0.2) is 5.75 Å². The monoisotopic (exact) mass is 383 g/mol. The maximum atomic E-state index is 12.3. The van der Waals surface area contributed by atoms with Gasteiger partial charge in [-0.2, -0.15) is 0 Å². The van der Waals surface area contributed by atoms with Gasteiger partial charge >= 0.3 is 0 Å². The van der Waals surface area contributed by atoms with E-state index in [1.54, 1.807) is 30.0 Å². The van der Waals surface area contributed by atoms with Gasteiger partial charge in [-0.25, -0.2) is 0 Å². The Morgan fingerprint density at radius 1 is 0.885 bits per heavy atom. The lowest BCUT2D eigenvalue weighted by molar-refractivity contribution is -0.113. The summed E-state index contributed by atoms with van der Waals surface area (Å²) in [5.41, 5.74) is 1.82. The number of rotatable bonds is 7. The molecule has 0 unspecified atom stereocenters. The van der Waals surface area contributed by atoms with Crippen molar-refractivity contribution in [2.45, 2.75) is 5.75 Å². The summed E-state index contributed by atoms with van der Waals surface area (Å²) in [6, 6.07) is 24.6. The van der Waals surface area contributed by atoms with E-state index < -0.39 is 0 Å². The van der Waals surface area contributed by atoms with E-state index in [1.807, 2.05) is 48.5 Å². The van der Waals surface area contributed by atoms with E-state index in [9.17, 15) is 4.79 Å². The second-order valence-electron chi connectivity index (χ2n) is 5.56. The normalized spacial score (nSPS) is 10.3. The van der Waals surface area contributed by atoms with E-state index in [4.69, 9.17) is 16.3 Å². The summed E-state index contributed by atoms with van der Waals surface area (Å²) in [7, 11) is 0. The Labute approximate surface area is 162 Å². The minimum Gasteiger partial charge on any atom is -0.454 e. The molecular weight excluding hydrogens is 366 g/mol. The highest BCUT2D eigenvalue weighted by atomic mass is 35.5. The molecule has 0 saturated heterocycles. The van der Waals surface area contributed by atoms with E-state index in [0.29, 0.717) is 28.0 Å². The number of benzene rings is 3. The van der Waals surface area contributed by atoms with Crippen molar-refractivity contribution in [3.63, 3.8) is 0 Å². The van der Waals surface area contributed by atoms with Crippen LogP contribution in [0.5, 0.6) is 11.5 Å².